The molecule has 0 atom stereocenters. The van der Waals surface area contributed by atoms with Gasteiger partial charge in [0.15, 0.2) is 0 Å². The summed E-state index contributed by atoms with van der Waals surface area (Å²) in [5.74, 6) is 0.711. The van der Waals surface area contributed by atoms with Crippen molar-refractivity contribution in [3.63, 3.8) is 0 Å². The van der Waals surface area contributed by atoms with Crippen molar-refractivity contribution < 1.29 is 4.74 Å². The zero-order valence-corrected chi connectivity index (χ0v) is 11.8. The first-order valence-corrected chi connectivity index (χ1v) is 6.58. The lowest BCUT2D eigenvalue weighted by Gasteiger charge is -2.06. The summed E-state index contributed by atoms with van der Waals surface area (Å²) < 4.78 is 5.65. The number of halogens is 1. The number of nitrogens with zero attached hydrogens (tertiary/aromatic N) is 2. The van der Waals surface area contributed by atoms with E-state index in [2.05, 4.69) is 0 Å². The number of ether oxygens (including phenoxy) is 1. The highest BCUT2D eigenvalue weighted by Crippen LogP contribution is 2.17. The topological polar surface area (TPSA) is 56.8 Å². The molecule has 0 saturated carbocycles. The van der Waals surface area contributed by atoms with Crippen LogP contribution in [-0.4, -0.2) is 0 Å². The molecule has 0 aromatic heterocycles. The summed E-state index contributed by atoms with van der Waals surface area (Å²) in [6, 6.07) is 18.3. The first-order valence-electron chi connectivity index (χ1n) is 6.20. The van der Waals surface area contributed by atoms with Crippen molar-refractivity contribution in [1.82, 2.24) is 0 Å². The fourth-order valence-corrected chi connectivity index (χ4v) is 1.92. The second-order valence-electron chi connectivity index (χ2n) is 4.27. The van der Waals surface area contributed by atoms with Gasteiger partial charge in [0.25, 0.3) is 0 Å². The van der Waals surface area contributed by atoms with E-state index in [0.29, 0.717) is 17.4 Å². The van der Waals surface area contributed by atoms with Gasteiger partial charge in [0.1, 0.15) is 30.1 Å². The molecule has 102 valence electrons. The Balaban J connectivity index is 2.02. The Morgan fingerprint density at radius 1 is 1.10 bits per heavy atom. The molecule has 0 radical (unpaired) electrons. The third-order valence-corrected chi connectivity index (χ3v) is 2.96. The number of nitriles is 2. The molecule has 2 rings (SSSR count). The lowest BCUT2D eigenvalue weighted by molar-refractivity contribution is 0.306. The second kappa shape index (κ2) is 7.14. The molecule has 0 aliphatic carbocycles. The molecular formula is C17H11ClN2O. The van der Waals surface area contributed by atoms with Crippen molar-refractivity contribution in [2.24, 2.45) is 0 Å². The Kier molecular flexibility index (Phi) is 4.99. The van der Waals surface area contributed by atoms with Gasteiger partial charge in [-0.15, -0.1) is 0 Å². The van der Waals surface area contributed by atoms with Crippen molar-refractivity contribution in [3.8, 4) is 17.9 Å². The summed E-state index contributed by atoms with van der Waals surface area (Å²) in [5.41, 5.74) is 1.84. The standard InChI is InChI=1S/C17H11ClN2O/c18-16-3-1-2-14(9-16)12-21-17-6-4-13(5-7-17)8-15(10-19)11-20/h1-9H,12H2. The fourth-order valence-electron chi connectivity index (χ4n) is 1.71. The first kappa shape index (κ1) is 14.7. The minimum absolute atomic E-state index is 0.0718. The number of rotatable bonds is 4. The van der Waals surface area contributed by atoms with Gasteiger partial charge in [-0.3, -0.25) is 0 Å². The molecule has 0 aliphatic rings. The minimum atomic E-state index is 0.0718. The van der Waals surface area contributed by atoms with Crippen LogP contribution in [0.3, 0.4) is 0 Å². The maximum Gasteiger partial charge on any atom is 0.130 e. The molecule has 2 aromatic rings. The second-order valence-corrected chi connectivity index (χ2v) is 4.71. The zero-order valence-electron chi connectivity index (χ0n) is 11.1. The van der Waals surface area contributed by atoms with E-state index in [1.54, 1.807) is 24.3 Å². The lowest BCUT2D eigenvalue weighted by atomic mass is 10.1. The highest BCUT2D eigenvalue weighted by atomic mass is 35.5. The summed E-state index contributed by atoms with van der Waals surface area (Å²) in [5, 5.41) is 18.1. The van der Waals surface area contributed by atoms with Crippen molar-refractivity contribution >= 4 is 17.7 Å². The van der Waals surface area contributed by atoms with Gasteiger partial charge >= 0.3 is 0 Å². The number of allylic oxidation sites excluding steroid dienone is 1. The van der Waals surface area contributed by atoms with Gasteiger partial charge in [-0.05, 0) is 41.5 Å². The lowest BCUT2D eigenvalue weighted by Crippen LogP contribution is -1.95. The predicted octanol–water partition coefficient (Wildman–Crippen LogP) is 4.35. The summed E-state index contributed by atoms with van der Waals surface area (Å²) in [6.45, 7) is 0.428. The Bertz CT molecular complexity index is 721. The Labute approximate surface area is 128 Å². The largest absolute Gasteiger partial charge is 0.489 e. The van der Waals surface area contributed by atoms with Crippen molar-refractivity contribution in [2.75, 3.05) is 0 Å². The Hall–Kier alpha value is -2.75. The highest BCUT2D eigenvalue weighted by Gasteiger charge is 1.98. The van der Waals surface area contributed by atoms with Crippen LogP contribution in [0, 0.1) is 22.7 Å². The van der Waals surface area contributed by atoms with Crippen LogP contribution in [-0.2, 0) is 6.61 Å². The number of benzene rings is 2. The van der Waals surface area contributed by atoms with Crippen LogP contribution in [0.4, 0.5) is 0 Å². The van der Waals surface area contributed by atoms with Gasteiger partial charge < -0.3 is 4.74 Å². The molecule has 4 heteroatoms. The van der Waals surface area contributed by atoms with E-state index in [9.17, 15) is 0 Å². The van der Waals surface area contributed by atoms with Crippen molar-refractivity contribution in [2.45, 2.75) is 6.61 Å². The Morgan fingerprint density at radius 3 is 2.43 bits per heavy atom. The number of hydrogen-bond acceptors (Lipinski definition) is 3. The van der Waals surface area contributed by atoms with Gasteiger partial charge in [0.05, 0.1) is 0 Å². The molecule has 0 heterocycles. The SMILES string of the molecule is N#CC(C#N)=Cc1ccc(OCc2cccc(Cl)c2)cc1. The third-order valence-electron chi connectivity index (χ3n) is 2.73. The van der Waals surface area contributed by atoms with Crippen molar-refractivity contribution in [1.29, 1.82) is 10.5 Å². The molecule has 21 heavy (non-hydrogen) atoms. The first-order chi connectivity index (χ1) is 10.2. The third kappa shape index (κ3) is 4.38. The van der Waals surface area contributed by atoms with Crippen LogP contribution in [0.25, 0.3) is 6.08 Å². The van der Waals surface area contributed by atoms with Gasteiger partial charge in [0, 0.05) is 5.02 Å². The molecule has 0 bridgehead atoms. The summed E-state index contributed by atoms with van der Waals surface area (Å²) in [7, 11) is 0. The molecule has 0 saturated heterocycles. The predicted molar refractivity (Wildman–Crippen MR) is 81.4 cm³/mol. The molecule has 0 aliphatic heterocycles. The van der Waals surface area contributed by atoms with Crippen LogP contribution in [0.2, 0.25) is 5.02 Å². The quantitative estimate of drug-likeness (QED) is 0.788. The van der Waals surface area contributed by atoms with Crippen molar-refractivity contribution in [3.05, 3.63) is 70.3 Å². The summed E-state index contributed by atoms with van der Waals surface area (Å²) in [6.07, 6.45) is 1.53. The normalized spacial score (nSPS) is 9.29. The molecule has 0 amide bonds. The van der Waals surface area contributed by atoms with Crippen LogP contribution < -0.4 is 4.74 Å². The molecule has 0 unspecified atom stereocenters. The highest BCUT2D eigenvalue weighted by molar-refractivity contribution is 6.30. The molecule has 3 nitrogen and oxygen atoms in total. The molecule has 0 fully saturated rings. The van der Waals surface area contributed by atoms with Gasteiger partial charge in [-0.1, -0.05) is 35.9 Å². The van der Waals surface area contributed by atoms with E-state index in [1.807, 2.05) is 36.4 Å². The van der Waals surface area contributed by atoms with E-state index >= 15 is 0 Å². The van der Waals surface area contributed by atoms with E-state index < -0.39 is 0 Å². The van der Waals surface area contributed by atoms with Crippen LogP contribution in [0.15, 0.2) is 54.1 Å². The van der Waals surface area contributed by atoms with Gasteiger partial charge in [-0.2, -0.15) is 10.5 Å². The van der Waals surface area contributed by atoms with Gasteiger partial charge in [0.2, 0.25) is 0 Å². The average molecular weight is 295 g/mol. The van der Waals surface area contributed by atoms with E-state index in [-0.39, 0.29) is 5.57 Å². The van der Waals surface area contributed by atoms with Crippen LogP contribution in [0.5, 0.6) is 5.75 Å². The summed E-state index contributed by atoms with van der Waals surface area (Å²) in [4.78, 5) is 0. The van der Waals surface area contributed by atoms with Crippen LogP contribution >= 0.6 is 11.6 Å². The summed E-state index contributed by atoms with van der Waals surface area (Å²) >= 11 is 5.91. The van der Waals surface area contributed by atoms with Crippen LogP contribution in [0.1, 0.15) is 11.1 Å². The van der Waals surface area contributed by atoms with E-state index in [1.165, 1.54) is 6.08 Å². The molecule has 2 aromatic carbocycles. The Morgan fingerprint density at radius 2 is 1.81 bits per heavy atom. The average Bonchev–Trinajstić information content (AvgIpc) is 2.52. The molecule has 0 spiro atoms. The smallest absolute Gasteiger partial charge is 0.130 e. The maximum atomic E-state index is 8.70. The fraction of sp³-hybridized carbons (Fsp3) is 0.0588. The minimum Gasteiger partial charge on any atom is -0.489 e. The van der Waals surface area contributed by atoms with E-state index in [4.69, 9.17) is 26.9 Å². The number of hydrogen-bond donors (Lipinski definition) is 0. The zero-order chi connectivity index (χ0) is 15.1. The molecular weight excluding hydrogens is 284 g/mol. The van der Waals surface area contributed by atoms with E-state index in [0.717, 1.165) is 11.1 Å². The monoisotopic (exact) mass is 294 g/mol. The maximum absolute atomic E-state index is 8.70. The van der Waals surface area contributed by atoms with Gasteiger partial charge in [-0.25, -0.2) is 0 Å². The molecule has 0 N–H and O–H groups in total.